The van der Waals surface area contributed by atoms with Gasteiger partial charge in [-0.15, -0.1) is 0 Å². The number of halogens is 1. The van der Waals surface area contributed by atoms with E-state index in [9.17, 15) is 0 Å². The highest BCUT2D eigenvalue weighted by atomic mass is 79.9. The van der Waals surface area contributed by atoms with Crippen LogP contribution in [0.15, 0.2) is 35.1 Å². The van der Waals surface area contributed by atoms with Crippen molar-refractivity contribution in [3.05, 3.63) is 46.3 Å². The third-order valence-corrected chi connectivity index (χ3v) is 3.87. The van der Waals surface area contributed by atoms with Gasteiger partial charge in [-0.1, -0.05) is 0 Å². The van der Waals surface area contributed by atoms with Crippen LogP contribution in [0.5, 0.6) is 0 Å². The molecule has 0 radical (unpaired) electrons. The lowest BCUT2D eigenvalue weighted by molar-refractivity contribution is 0.756. The van der Waals surface area contributed by atoms with E-state index in [0.717, 1.165) is 32.4 Å². The summed E-state index contributed by atoms with van der Waals surface area (Å²) in [7, 11) is 1.92. The van der Waals surface area contributed by atoms with Crippen molar-refractivity contribution in [1.29, 1.82) is 0 Å². The Bertz CT molecular complexity index is 809. The Hall–Kier alpha value is -2.08. The number of benzene rings is 1. The van der Waals surface area contributed by atoms with Crippen LogP contribution in [0.3, 0.4) is 0 Å². The highest BCUT2D eigenvalue weighted by Crippen LogP contribution is 2.29. The van der Waals surface area contributed by atoms with Crippen molar-refractivity contribution in [3.63, 3.8) is 0 Å². The van der Waals surface area contributed by atoms with Crippen LogP contribution in [-0.2, 0) is 13.6 Å². The Balaban J connectivity index is 1.94. The first kappa shape index (κ1) is 13.9. The largest absolute Gasteiger partial charge is 0.398 e. The lowest BCUT2D eigenvalue weighted by Crippen LogP contribution is -2.02. The van der Waals surface area contributed by atoms with Crippen LogP contribution in [0.4, 0.5) is 11.4 Å². The van der Waals surface area contributed by atoms with Gasteiger partial charge in [-0.05, 0) is 41.1 Å². The van der Waals surface area contributed by atoms with E-state index >= 15 is 0 Å². The quantitative estimate of drug-likeness (QED) is 0.715. The SMILES string of the molecule is Cc1nn(C)cc1CNc1ccc(N)c2cc(Br)cnc12. The summed E-state index contributed by atoms with van der Waals surface area (Å²) in [6, 6.07) is 5.84. The van der Waals surface area contributed by atoms with E-state index in [-0.39, 0.29) is 0 Å². The van der Waals surface area contributed by atoms with Crippen LogP contribution in [0.1, 0.15) is 11.3 Å². The molecule has 0 fully saturated rings. The van der Waals surface area contributed by atoms with Gasteiger partial charge in [0, 0.05) is 47.1 Å². The molecule has 3 N–H and O–H groups in total. The first-order valence-corrected chi connectivity index (χ1v) is 7.40. The summed E-state index contributed by atoms with van der Waals surface area (Å²) in [5, 5.41) is 8.71. The number of nitrogens with two attached hydrogens (primary N) is 1. The molecule has 21 heavy (non-hydrogen) atoms. The second-order valence-electron chi connectivity index (χ2n) is 5.02. The molecule has 2 heterocycles. The van der Waals surface area contributed by atoms with Crippen LogP contribution in [0, 0.1) is 6.92 Å². The molecular formula is C15H16BrN5. The predicted octanol–water partition coefficient (Wildman–Crippen LogP) is 3.23. The van der Waals surface area contributed by atoms with Gasteiger partial charge in [0.25, 0.3) is 0 Å². The molecule has 0 saturated carbocycles. The normalized spacial score (nSPS) is 11.0. The lowest BCUT2D eigenvalue weighted by Gasteiger charge is -2.10. The molecule has 0 aliphatic rings. The molecular weight excluding hydrogens is 330 g/mol. The van der Waals surface area contributed by atoms with Gasteiger partial charge >= 0.3 is 0 Å². The van der Waals surface area contributed by atoms with Crippen LogP contribution in [-0.4, -0.2) is 14.8 Å². The Morgan fingerprint density at radius 1 is 1.38 bits per heavy atom. The minimum atomic E-state index is 0.705. The van der Waals surface area contributed by atoms with Gasteiger partial charge in [-0.25, -0.2) is 0 Å². The number of nitrogen functional groups attached to an aromatic ring is 1. The zero-order chi connectivity index (χ0) is 15.0. The smallest absolute Gasteiger partial charge is 0.0954 e. The van der Waals surface area contributed by atoms with Gasteiger partial charge < -0.3 is 11.1 Å². The fourth-order valence-corrected chi connectivity index (χ4v) is 2.70. The van der Waals surface area contributed by atoms with Crippen LogP contribution in [0.2, 0.25) is 0 Å². The summed E-state index contributed by atoms with van der Waals surface area (Å²) < 4.78 is 2.74. The second-order valence-corrected chi connectivity index (χ2v) is 5.93. The molecule has 0 bridgehead atoms. The molecule has 2 aromatic heterocycles. The van der Waals surface area contributed by atoms with Gasteiger partial charge in [-0.3, -0.25) is 9.67 Å². The summed E-state index contributed by atoms with van der Waals surface area (Å²) in [6.45, 7) is 2.71. The highest BCUT2D eigenvalue weighted by molar-refractivity contribution is 9.10. The maximum Gasteiger partial charge on any atom is 0.0954 e. The van der Waals surface area contributed by atoms with Crippen LogP contribution < -0.4 is 11.1 Å². The first-order valence-electron chi connectivity index (χ1n) is 6.61. The molecule has 0 atom stereocenters. The second kappa shape index (κ2) is 5.37. The van der Waals surface area contributed by atoms with Gasteiger partial charge in [0.05, 0.1) is 16.9 Å². The number of nitrogens with zero attached hydrogens (tertiary/aromatic N) is 3. The van der Waals surface area contributed by atoms with Crippen molar-refractivity contribution in [1.82, 2.24) is 14.8 Å². The summed E-state index contributed by atoms with van der Waals surface area (Å²) in [5.74, 6) is 0. The van der Waals surface area contributed by atoms with Gasteiger partial charge in [0.2, 0.25) is 0 Å². The number of fused-ring (bicyclic) bond motifs is 1. The van der Waals surface area contributed by atoms with Crippen molar-refractivity contribution in [3.8, 4) is 0 Å². The maximum absolute atomic E-state index is 6.03. The monoisotopic (exact) mass is 345 g/mol. The van der Waals surface area contributed by atoms with Crippen molar-refractivity contribution < 1.29 is 0 Å². The molecule has 3 aromatic rings. The Kier molecular flexibility index (Phi) is 3.55. The Morgan fingerprint density at radius 3 is 2.90 bits per heavy atom. The molecule has 0 saturated heterocycles. The Morgan fingerprint density at radius 2 is 2.19 bits per heavy atom. The summed E-state index contributed by atoms with van der Waals surface area (Å²) in [4.78, 5) is 4.47. The number of pyridine rings is 1. The molecule has 6 heteroatoms. The molecule has 108 valence electrons. The average Bonchev–Trinajstić information content (AvgIpc) is 2.77. The zero-order valence-electron chi connectivity index (χ0n) is 11.9. The lowest BCUT2D eigenvalue weighted by atomic mass is 10.1. The summed E-state index contributed by atoms with van der Waals surface area (Å²) >= 11 is 3.43. The predicted molar refractivity (Wildman–Crippen MR) is 89.1 cm³/mol. The molecule has 3 rings (SSSR count). The van der Waals surface area contributed by atoms with Gasteiger partial charge in [0.1, 0.15) is 0 Å². The minimum Gasteiger partial charge on any atom is -0.398 e. The number of hydrogen-bond donors (Lipinski definition) is 2. The minimum absolute atomic E-state index is 0.705. The van der Waals surface area contributed by atoms with E-state index in [1.807, 2.05) is 43.0 Å². The summed E-state index contributed by atoms with van der Waals surface area (Å²) in [6.07, 6.45) is 3.80. The maximum atomic E-state index is 6.03. The number of nitrogens with one attached hydrogen (secondary N) is 1. The fraction of sp³-hybridized carbons (Fsp3) is 0.200. The van der Waals surface area contributed by atoms with E-state index < -0.39 is 0 Å². The van der Waals surface area contributed by atoms with Crippen LogP contribution in [0.25, 0.3) is 10.9 Å². The average molecular weight is 346 g/mol. The van der Waals surface area contributed by atoms with Crippen molar-refractivity contribution in [2.75, 3.05) is 11.1 Å². The highest BCUT2D eigenvalue weighted by Gasteiger charge is 2.08. The fourth-order valence-electron chi connectivity index (χ4n) is 2.37. The van der Waals surface area contributed by atoms with Crippen molar-refractivity contribution in [2.45, 2.75) is 13.5 Å². The number of rotatable bonds is 3. The van der Waals surface area contributed by atoms with Crippen LogP contribution >= 0.6 is 15.9 Å². The number of aryl methyl sites for hydroxylation is 2. The zero-order valence-corrected chi connectivity index (χ0v) is 13.5. The molecule has 1 aromatic carbocycles. The van der Waals surface area contributed by atoms with E-state index in [4.69, 9.17) is 5.73 Å². The van der Waals surface area contributed by atoms with E-state index in [0.29, 0.717) is 6.54 Å². The molecule has 0 aliphatic heterocycles. The topological polar surface area (TPSA) is 68.8 Å². The first-order chi connectivity index (χ1) is 10.0. The van der Waals surface area contributed by atoms with Gasteiger partial charge in [-0.2, -0.15) is 5.10 Å². The molecule has 0 amide bonds. The number of hydrogen-bond acceptors (Lipinski definition) is 4. The van der Waals surface area contributed by atoms with Crippen molar-refractivity contribution >= 4 is 38.2 Å². The Labute approximate surface area is 131 Å². The van der Waals surface area contributed by atoms with Crippen molar-refractivity contribution in [2.24, 2.45) is 7.05 Å². The third-order valence-electron chi connectivity index (χ3n) is 3.43. The molecule has 0 spiro atoms. The third kappa shape index (κ3) is 2.71. The molecule has 0 unspecified atom stereocenters. The molecule has 0 aliphatic carbocycles. The van der Waals surface area contributed by atoms with E-state index in [2.05, 4.69) is 31.3 Å². The van der Waals surface area contributed by atoms with Gasteiger partial charge in [0.15, 0.2) is 0 Å². The van der Waals surface area contributed by atoms with E-state index in [1.54, 1.807) is 6.20 Å². The van der Waals surface area contributed by atoms with E-state index in [1.165, 1.54) is 5.56 Å². The standard InChI is InChI=1S/C15H16BrN5/c1-9-10(8-21(2)20-9)6-18-14-4-3-13(17)12-5-11(16)7-19-15(12)14/h3-5,7-8,18H,6,17H2,1-2H3. The summed E-state index contributed by atoms with van der Waals surface area (Å²) in [5.41, 5.74) is 10.8. The number of anilines is 2. The molecule has 5 nitrogen and oxygen atoms in total. The number of aromatic nitrogens is 3.